The Kier molecular flexibility index (Phi) is 8.35. The Balaban J connectivity index is 0.00000364. The van der Waals surface area contributed by atoms with E-state index in [1.165, 1.54) is 0 Å². The molecule has 0 spiro atoms. The highest BCUT2D eigenvalue weighted by atomic mass is 127. The lowest BCUT2D eigenvalue weighted by molar-refractivity contribution is -0.0496. The number of aliphatic imine (C=N–C) groups is 1. The number of aryl methyl sites for hydroxylation is 2. The number of hydrogen-bond acceptors (Lipinski definition) is 3. The van der Waals surface area contributed by atoms with Gasteiger partial charge in [-0.15, -0.1) is 24.0 Å². The van der Waals surface area contributed by atoms with E-state index in [9.17, 15) is 21.6 Å². The number of halogens is 4. The minimum absolute atomic E-state index is 0. The van der Waals surface area contributed by atoms with E-state index in [0.717, 1.165) is 16.8 Å². The highest BCUT2D eigenvalue weighted by Crippen LogP contribution is 2.30. The van der Waals surface area contributed by atoms with Crippen LogP contribution in [0.1, 0.15) is 24.0 Å². The van der Waals surface area contributed by atoms with Crippen molar-refractivity contribution in [1.29, 1.82) is 0 Å². The van der Waals surface area contributed by atoms with Gasteiger partial charge in [-0.1, -0.05) is 6.07 Å². The Bertz CT molecular complexity index is 756. The molecule has 0 unspecified atom stereocenters. The summed E-state index contributed by atoms with van der Waals surface area (Å²) in [6.07, 6.45) is 0.630. The quantitative estimate of drug-likeness (QED) is 0.363. The molecule has 2 rings (SSSR count). The first kappa shape index (κ1) is 24.0. The van der Waals surface area contributed by atoms with Crippen molar-refractivity contribution in [3.63, 3.8) is 0 Å². The summed E-state index contributed by atoms with van der Waals surface area (Å²) in [4.78, 5) is 4.23. The van der Waals surface area contributed by atoms with Crippen LogP contribution in [0.25, 0.3) is 0 Å². The highest BCUT2D eigenvalue weighted by molar-refractivity contribution is 14.0. The maximum Gasteiger partial charge on any atom is 0.511 e. The summed E-state index contributed by atoms with van der Waals surface area (Å²) in [6.45, 7) is 3.95. The molecule has 1 saturated heterocycles. The summed E-state index contributed by atoms with van der Waals surface area (Å²) in [7, 11) is -5.24. The van der Waals surface area contributed by atoms with Gasteiger partial charge in [0.15, 0.2) is 5.96 Å². The van der Waals surface area contributed by atoms with Crippen molar-refractivity contribution in [2.24, 2.45) is 16.6 Å². The topological polar surface area (TPSA) is 87.8 Å². The molecule has 1 fully saturated rings. The largest absolute Gasteiger partial charge is 0.511 e. The molecule has 0 saturated carbocycles. The van der Waals surface area contributed by atoms with Gasteiger partial charge in [-0.2, -0.15) is 17.5 Å². The first-order valence-electron chi connectivity index (χ1n) is 8.20. The van der Waals surface area contributed by atoms with Crippen LogP contribution in [0.5, 0.6) is 0 Å². The first-order valence-corrected chi connectivity index (χ1v) is 9.64. The number of piperidine rings is 1. The van der Waals surface area contributed by atoms with Crippen molar-refractivity contribution in [3.8, 4) is 0 Å². The summed E-state index contributed by atoms with van der Waals surface area (Å²) in [5.74, 6) is 0.217. The predicted molar refractivity (Wildman–Crippen MR) is 111 cm³/mol. The second-order valence-corrected chi connectivity index (χ2v) is 8.45. The number of hydrogen-bond donors (Lipinski definition) is 2. The number of alkyl halides is 3. The van der Waals surface area contributed by atoms with Gasteiger partial charge in [-0.3, -0.25) is 4.99 Å². The van der Waals surface area contributed by atoms with Crippen molar-refractivity contribution in [1.82, 2.24) is 4.31 Å². The molecule has 1 aromatic carbocycles. The minimum atomic E-state index is -5.25. The molecule has 3 N–H and O–H groups in total. The van der Waals surface area contributed by atoms with Crippen molar-refractivity contribution >= 4 is 45.6 Å². The lowest BCUT2D eigenvalue weighted by Crippen LogP contribution is -2.45. The van der Waals surface area contributed by atoms with E-state index >= 15 is 0 Å². The van der Waals surface area contributed by atoms with Crippen LogP contribution in [-0.2, 0) is 10.0 Å². The van der Waals surface area contributed by atoms with Gasteiger partial charge in [0, 0.05) is 25.3 Å². The van der Waals surface area contributed by atoms with Crippen LogP contribution in [0.2, 0.25) is 0 Å². The fraction of sp³-hybridized carbons (Fsp3) is 0.562. The summed E-state index contributed by atoms with van der Waals surface area (Å²) in [6, 6.07) is 5.88. The minimum Gasteiger partial charge on any atom is -0.370 e. The zero-order chi connectivity index (χ0) is 19.5. The van der Waals surface area contributed by atoms with E-state index in [2.05, 4.69) is 10.3 Å². The molecule has 1 heterocycles. The standard InChI is InChI=1S/C16H23F3N4O2S.HI/c1-11-7-12(2)9-14(8-11)22-15(20)21-10-13-3-5-23(6-4-13)26(24,25)16(17,18)19;/h7-9,13H,3-6,10H2,1-2H3,(H3,20,21,22);1H. The molecule has 6 nitrogen and oxygen atoms in total. The third-order valence-corrected chi connectivity index (χ3v) is 5.85. The van der Waals surface area contributed by atoms with Crippen LogP contribution in [-0.4, -0.2) is 43.8 Å². The third-order valence-electron chi connectivity index (χ3n) is 4.22. The second kappa shape index (κ2) is 9.41. The average Bonchev–Trinajstić information content (AvgIpc) is 2.51. The maximum absolute atomic E-state index is 12.6. The molecule has 27 heavy (non-hydrogen) atoms. The SMILES string of the molecule is Cc1cc(C)cc(NC(N)=NCC2CCN(S(=O)(=O)C(F)(F)F)CC2)c1.I. The number of sulfonamides is 1. The van der Waals surface area contributed by atoms with Crippen LogP contribution in [0.15, 0.2) is 23.2 Å². The highest BCUT2D eigenvalue weighted by Gasteiger charge is 2.50. The molecule has 1 aliphatic rings. The molecule has 1 aromatic rings. The van der Waals surface area contributed by atoms with E-state index in [1.807, 2.05) is 32.0 Å². The van der Waals surface area contributed by atoms with Crippen LogP contribution < -0.4 is 11.1 Å². The molecule has 0 radical (unpaired) electrons. The fourth-order valence-electron chi connectivity index (χ4n) is 2.94. The fourth-order valence-corrected chi connectivity index (χ4v) is 3.92. The summed E-state index contributed by atoms with van der Waals surface area (Å²) >= 11 is 0. The lowest BCUT2D eigenvalue weighted by Gasteiger charge is -2.30. The lowest BCUT2D eigenvalue weighted by atomic mass is 9.98. The number of nitrogens with zero attached hydrogens (tertiary/aromatic N) is 2. The first-order chi connectivity index (χ1) is 12.0. The van der Waals surface area contributed by atoms with Gasteiger partial charge in [-0.25, -0.2) is 8.42 Å². The Hall–Kier alpha value is -1.08. The maximum atomic E-state index is 12.6. The van der Waals surface area contributed by atoms with Gasteiger partial charge < -0.3 is 11.1 Å². The number of nitrogens with two attached hydrogens (primary N) is 1. The number of guanidine groups is 1. The van der Waals surface area contributed by atoms with Crippen LogP contribution in [0.3, 0.4) is 0 Å². The molecule has 0 bridgehead atoms. The molecule has 0 aromatic heterocycles. The Morgan fingerprint density at radius 3 is 2.22 bits per heavy atom. The molecular formula is C16H24F3IN4O2S. The Morgan fingerprint density at radius 2 is 1.74 bits per heavy atom. The number of rotatable bonds is 4. The van der Waals surface area contributed by atoms with Gasteiger partial charge >= 0.3 is 15.5 Å². The predicted octanol–water partition coefficient (Wildman–Crippen LogP) is 3.21. The summed E-state index contributed by atoms with van der Waals surface area (Å²) in [5.41, 5.74) is 3.59. The van der Waals surface area contributed by atoms with Gasteiger partial charge in [-0.05, 0) is 55.9 Å². The summed E-state index contributed by atoms with van der Waals surface area (Å²) in [5, 5.41) is 2.99. The van der Waals surface area contributed by atoms with E-state index < -0.39 is 15.5 Å². The van der Waals surface area contributed by atoms with E-state index in [-0.39, 0.29) is 48.9 Å². The molecule has 0 amide bonds. The van der Waals surface area contributed by atoms with E-state index in [0.29, 0.717) is 23.7 Å². The van der Waals surface area contributed by atoms with Gasteiger partial charge in [0.25, 0.3) is 0 Å². The second-order valence-electron chi connectivity index (χ2n) is 6.52. The van der Waals surface area contributed by atoms with Crippen molar-refractivity contribution in [3.05, 3.63) is 29.3 Å². The van der Waals surface area contributed by atoms with Crippen LogP contribution in [0.4, 0.5) is 18.9 Å². The van der Waals surface area contributed by atoms with E-state index in [4.69, 9.17) is 5.73 Å². The van der Waals surface area contributed by atoms with Crippen LogP contribution >= 0.6 is 24.0 Å². The zero-order valence-corrected chi connectivity index (χ0v) is 18.2. The van der Waals surface area contributed by atoms with Crippen LogP contribution in [0, 0.1) is 19.8 Å². The smallest absolute Gasteiger partial charge is 0.370 e. The van der Waals surface area contributed by atoms with Gasteiger partial charge in [0.05, 0.1) is 0 Å². The molecule has 1 aliphatic heterocycles. The number of benzene rings is 1. The van der Waals surface area contributed by atoms with Crippen molar-refractivity contribution in [2.45, 2.75) is 32.2 Å². The monoisotopic (exact) mass is 520 g/mol. The summed E-state index contributed by atoms with van der Waals surface area (Å²) < 4.78 is 60.9. The van der Waals surface area contributed by atoms with Crippen molar-refractivity contribution < 1.29 is 21.6 Å². The molecule has 11 heteroatoms. The number of anilines is 1. The van der Waals surface area contributed by atoms with Gasteiger partial charge in [0.1, 0.15) is 0 Å². The Morgan fingerprint density at radius 1 is 1.22 bits per heavy atom. The normalized spacial score (nSPS) is 17.4. The van der Waals surface area contributed by atoms with Gasteiger partial charge in [0.2, 0.25) is 0 Å². The molecule has 0 aliphatic carbocycles. The Labute approximate surface area is 174 Å². The van der Waals surface area contributed by atoms with Crippen molar-refractivity contribution in [2.75, 3.05) is 25.0 Å². The number of nitrogens with one attached hydrogen (secondary N) is 1. The average molecular weight is 520 g/mol. The zero-order valence-electron chi connectivity index (χ0n) is 15.1. The molecule has 154 valence electrons. The third kappa shape index (κ3) is 6.49. The van der Waals surface area contributed by atoms with E-state index in [1.54, 1.807) is 0 Å². The molecular weight excluding hydrogens is 496 g/mol. The molecule has 0 atom stereocenters.